The van der Waals surface area contributed by atoms with Crippen LogP contribution in [0, 0.1) is 19.7 Å². The van der Waals surface area contributed by atoms with Gasteiger partial charge < -0.3 is 14.9 Å². The number of thiazole rings is 1. The number of aliphatic hydroxyl groups excluding tert-OH is 1. The van der Waals surface area contributed by atoms with E-state index in [9.17, 15) is 19.1 Å². The average Bonchev–Trinajstić information content (AvgIpc) is 3.09. The van der Waals surface area contributed by atoms with Crippen LogP contribution in [0.25, 0.3) is 0 Å². The summed E-state index contributed by atoms with van der Waals surface area (Å²) in [6, 6.07) is 3.04. The topological polar surface area (TPSA) is 73.7 Å². The van der Waals surface area contributed by atoms with Crippen molar-refractivity contribution in [2.45, 2.75) is 19.9 Å². The van der Waals surface area contributed by atoms with Gasteiger partial charge in [-0.2, -0.15) is 0 Å². The van der Waals surface area contributed by atoms with Gasteiger partial charge in [0.15, 0.2) is 5.76 Å². The Morgan fingerprint density at radius 3 is 2.62 bits per heavy atom. The number of aliphatic hydroxyl groups is 1. The second-order valence-corrected chi connectivity index (χ2v) is 8.69. The smallest absolute Gasteiger partial charge is 0.290 e. The van der Waals surface area contributed by atoms with Crippen LogP contribution in [0.1, 0.15) is 32.0 Å². The predicted molar refractivity (Wildman–Crippen MR) is 110 cm³/mol. The van der Waals surface area contributed by atoms with Gasteiger partial charge in [0.25, 0.3) is 5.91 Å². The molecule has 1 N–H and O–H groups in total. The standard InChI is InChI=1S/C20H21ClFN3O3S/c1-10-19(29-11(2)23-10)17(26)15-16(14-12(21)6-5-7-13(14)22)25(9-8-24(3)4)20(28)18(15)27/h5-7,16,27H,8-9H2,1-4H3. The first-order valence-electron chi connectivity index (χ1n) is 8.95. The number of ketones is 1. The molecular formula is C20H21ClFN3O3S. The van der Waals surface area contributed by atoms with Crippen molar-refractivity contribution in [3.8, 4) is 0 Å². The lowest BCUT2D eigenvalue weighted by molar-refractivity contribution is -0.129. The van der Waals surface area contributed by atoms with Gasteiger partial charge in [-0.3, -0.25) is 9.59 Å². The zero-order valence-electron chi connectivity index (χ0n) is 16.5. The molecule has 1 aromatic carbocycles. The first-order valence-corrected chi connectivity index (χ1v) is 10.1. The molecule has 1 aliphatic heterocycles. The maximum atomic E-state index is 14.8. The van der Waals surface area contributed by atoms with Crippen molar-refractivity contribution >= 4 is 34.6 Å². The molecule has 29 heavy (non-hydrogen) atoms. The summed E-state index contributed by atoms with van der Waals surface area (Å²) >= 11 is 7.44. The number of aryl methyl sites for hydroxylation is 2. The summed E-state index contributed by atoms with van der Waals surface area (Å²) in [6.07, 6.45) is 0. The van der Waals surface area contributed by atoms with Gasteiger partial charge in [-0.25, -0.2) is 9.37 Å². The minimum Gasteiger partial charge on any atom is -0.503 e. The Balaban J connectivity index is 2.17. The van der Waals surface area contributed by atoms with E-state index in [4.69, 9.17) is 11.6 Å². The maximum absolute atomic E-state index is 14.8. The number of likely N-dealkylation sites (N-methyl/N-ethyl adjacent to an activating group) is 1. The molecule has 0 radical (unpaired) electrons. The molecule has 0 aliphatic carbocycles. The lowest BCUT2D eigenvalue weighted by Gasteiger charge is -2.28. The number of halogens is 2. The van der Waals surface area contributed by atoms with Crippen molar-refractivity contribution in [3.63, 3.8) is 0 Å². The molecular weight excluding hydrogens is 417 g/mol. The van der Waals surface area contributed by atoms with Crippen LogP contribution in [0.15, 0.2) is 29.5 Å². The molecule has 154 valence electrons. The lowest BCUT2D eigenvalue weighted by atomic mass is 9.94. The van der Waals surface area contributed by atoms with Crippen LogP contribution in [0.5, 0.6) is 0 Å². The fraction of sp³-hybridized carbons (Fsp3) is 0.350. The van der Waals surface area contributed by atoms with Crippen molar-refractivity contribution in [2.75, 3.05) is 27.2 Å². The highest BCUT2D eigenvalue weighted by atomic mass is 35.5. The van der Waals surface area contributed by atoms with E-state index in [0.717, 1.165) is 0 Å². The summed E-state index contributed by atoms with van der Waals surface area (Å²) in [6.45, 7) is 4.08. The van der Waals surface area contributed by atoms with Gasteiger partial charge in [-0.15, -0.1) is 11.3 Å². The Hall–Kier alpha value is -2.29. The van der Waals surface area contributed by atoms with E-state index in [0.29, 0.717) is 22.1 Å². The van der Waals surface area contributed by atoms with Gasteiger partial charge in [-0.05, 0) is 40.1 Å². The Bertz CT molecular complexity index is 998. The van der Waals surface area contributed by atoms with Gasteiger partial charge in [-0.1, -0.05) is 17.7 Å². The van der Waals surface area contributed by atoms with Crippen molar-refractivity contribution in [1.82, 2.24) is 14.8 Å². The van der Waals surface area contributed by atoms with E-state index >= 15 is 0 Å². The molecule has 1 unspecified atom stereocenters. The van der Waals surface area contributed by atoms with Crippen molar-refractivity contribution in [2.24, 2.45) is 0 Å². The van der Waals surface area contributed by atoms with E-state index in [1.165, 1.54) is 34.4 Å². The normalized spacial score (nSPS) is 17.0. The summed E-state index contributed by atoms with van der Waals surface area (Å²) < 4.78 is 14.8. The Labute approximate surface area is 177 Å². The second kappa shape index (κ2) is 8.22. The highest BCUT2D eigenvalue weighted by Crippen LogP contribution is 2.43. The number of nitrogens with zero attached hydrogens (tertiary/aromatic N) is 3. The van der Waals surface area contributed by atoms with Gasteiger partial charge in [0.2, 0.25) is 5.78 Å². The van der Waals surface area contributed by atoms with Crippen LogP contribution < -0.4 is 0 Å². The Kier molecular flexibility index (Phi) is 6.07. The minimum atomic E-state index is -1.12. The number of aromatic nitrogens is 1. The van der Waals surface area contributed by atoms with E-state index in [-0.39, 0.29) is 22.7 Å². The van der Waals surface area contributed by atoms with Crippen molar-refractivity contribution < 1.29 is 19.1 Å². The number of hydrogen-bond donors (Lipinski definition) is 1. The fourth-order valence-electron chi connectivity index (χ4n) is 3.36. The molecule has 1 aliphatic rings. The third kappa shape index (κ3) is 3.92. The van der Waals surface area contributed by atoms with E-state index in [1.54, 1.807) is 13.8 Å². The molecule has 6 nitrogen and oxygen atoms in total. The third-order valence-electron chi connectivity index (χ3n) is 4.72. The quantitative estimate of drug-likeness (QED) is 0.697. The summed E-state index contributed by atoms with van der Waals surface area (Å²) in [5, 5.41) is 11.4. The molecule has 1 atom stereocenters. The number of rotatable bonds is 6. The van der Waals surface area contributed by atoms with Gasteiger partial charge in [0.1, 0.15) is 5.82 Å². The zero-order valence-corrected chi connectivity index (χ0v) is 18.1. The van der Waals surface area contributed by atoms with Crippen molar-refractivity contribution in [3.05, 3.63) is 61.5 Å². The van der Waals surface area contributed by atoms with Gasteiger partial charge in [0, 0.05) is 23.7 Å². The number of Topliss-reactive ketones (excluding diaryl/α,β-unsaturated/α-hetero) is 1. The average molecular weight is 438 g/mol. The maximum Gasteiger partial charge on any atom is 0.290 e. The highest BCUT2D eigenvalue weighted by molar-refractivity contribution is 7.14. The van der Waals surface area contributed by atoms with E-state index in [2.05, 4.69) is 4.98 Å². The number of carbonyl (C=O) groups excluding carboxylic acids is 2. The number of hydrogen-bond acceptors (Lipinski definition) is 6. The Morgan fingerprint density at radius 2 is 2.07 bits per heavy atom. The van der Waals surface area contributed by atoms with Crippen molar-refractivity contribution in [1.29, 1.82) is 0 Å². The molecule has 1 amide bonds. The second-order valence-electron chi connectivity index (χ2n) is 7.08. The SMILES string of the molecule is Cc1nc(C)c(C(=O)C2=C(O)C(=O)N(CCN(C)C)C2c2c(F)cccc2Cl)s1. The summed E-state index contributed by atoms with van der Waals surface area (Å²) in [4.78, 5) is 33.8. The Morgan fingerprint density at radius 1 is 1.38 bits per heavy atom. The lowest BCUT2D eigenvalue weighted by Crippen LogP contribution is -2.37. The van der Waals surface area contributed by atoms with Crippen LogP contribution in [0.2, 0.25) is 5.02 Å². The fourth-order valence-corrected chi connectivity index (χ4v) is 4.50. The molecule has 0 saturated carbocycles. The summed E-state index contributed by atoms with van der Waals surface area (Å²) in [7, 11) is 3.66. The highest BCUT2D eigenvalue weighted by Gasteiger charge is 2.46. The molecule has 1 aromatic heterocycles. The predicted octanol–water partition coefficient (Wildman–Crippen LogP) is 3.69. The van der Waals surface area contributed by atoms with Crippen LogP contribution >= 0.6 is 22.9 Å². The van der Waals surface area contributed by atoms with Gasteiger partial charge >= 0.3 is 0 Å². The molecule has 0 fully saturated rings. The van der Waals surface area contributed by atoms with E-state index in [1.807, 2.05) is 19.0 Å². The summed E-state index contributed by atoms with van der Waals surface area (Å²) in [5.74, 6) is -2.60. The molecule has 0 saturated heterocycles. The van der Waals surface area contributed by atoms with Crippen LogP contribution in [-0.4, -0.2) is 58.8 Å². The van der Waals surface area contributed by atoms with E-state index < -0.39 is 29.3 Å². The largest absolute Gasteiger partial charge is 0.503 e. The minimum absolute atomic E-state index is 0.00689. The molecule has 2 aromatic rings. The number of benzene rings is 1. The number of carbonyl (C=O) groups is 2. The molecule has 3 rings (SSSR count). The van der Waals surface area contributed by atoms with Gasteiger partial charge in [0.05, 0.1) is 27.2 Å². The van der Waals surface area contributed by atoms with Crippen LogP contribution in [-0.2, 0) is 4.79 Å². The van der Waals surface area contributed by atoms with Crippen LogP contribution in [0.4, 0.5) is 4.39 Å². The zero-order chi connectivity index (χ0) is 21.5. The molecule has 9 heteroatoms. The molecule has 0 bridgehead atoms. The number of amides is 1. The molecule has 2 heterocycles. The van der Waals surface area contributed by atoms with Crippen LogP contribution in [0.3, 0.4) is 0 Å². The first-order chi connectivity index (χ1) is 13.6. The molecule has 0 spiro atoms. The third-order valence-corrected chi connectivity index (χ3v) is 6.12. The summed E-state index contributed by atoms with van der Waals surface area (Å²) in [5.41, 5.74) is 0.315. The first kappa shape index (κ1) is 21.4. The monoisotopic (exact) mass is 437 g/mol.